The number of carbonyl (C=O) groups is 1. The van der Waals surface area contributed by atoms with E-state index in [-0.39, 0.29) is 48.6 Å². The van der Waals surface area contributed by atoms with Gasteiger partial charge in [-0.05, 0) is 55.5 Å². The molecule has 0 aliphatic heterocycles. The first-order valence-electron chi connectivity index (χ1n) is 12.8. The van der Waals surface area contributed by atoms with Crippen LogP contribution in [0.15, 0.2) is 48.7 Å². The Kier molecular flexibility index (Phi) is 7.32. The molecule has 4 aromatic rings. The molecule has 5 rings (SSSR count). The highest BCUT2D eigenvalue weighted by atomic mass is 19.3. The fraction of sp³-hybridized carbons (Fsp3) is 0.357. The van der Waals surface area contributed by atoms with Crippen molar-refractivity contribution in [1.29, 1.82) is 0 Å². The average molecular weight is 537 g/mol. The van der Waals surface area contributed by atoms with E-state index in [1.54, 1.807) is 16.8 Å². The van der Waals surface area contributed by atoms with Crippen molar-refractivity contribution in [3.8, 4) is 22.8 Å². The van der Waals surface area contributed by atoms with Crippen molar-refractivity contribution in [2.45, 2.75) is 45.1 Å². The predicted molar refractivity (Wildman–Crippen MR) is 142 cm³/mol. The molecular formula is C28H30F2N6O3. The molecule has 1 saturated carbocycles. The summed E-state index contributed by atoms with van der Waals surface area (Å²) < 4.78 is 39.9. The number of amides is 1. The minimum atomic E-state index is -2.57. The van der Waals surface area contributed by atoms with Gasteiger partial charge in [0.1, 0.15) is 11.3 Å². The van der Waals surface area contributed by atoms with Gasteiger partial charge in [-0.1, -0.05) is 18.2 Å². The standard InChI is InChI=1S/C28H30F2N6O3/c1-17-21(19-9-12-36-24(13-19)34-27(31)35-36)14-22(26(33-17)38-2)25(37)32-15-20-5-3-4-6-23(20)39-16-18-7-10-28(29,30)11-8-18/h3-6,9,12-14,18H,7-8,10-11,15-16H2,1-2H3,(H2,31,35)(H,32,37). The lowest BCUT2D eigenvalue weighted by molar-refractivity contribution is -0.0498. The number of hydrogen-bond acceptors (Lipinski definition) is 7. The summed E-state index contributed by atoms with van der Waals surface area (Å²) in [5, 5.41) is 7.02. The first kappa shape index (κ1) is 26.3. The highest BCUT2D eigenvalue weighted by Crippen LogP contribution is 2.36. The van der Waals surface area contributed by atoms with Crippen molar-refractivity contribution >= 4 is 17.5 Å². The number of aryl methyl sites for hydroxylation is 1. The van der Waals surface area contributed by atoms with Gasteiger partial charge in [0.25, 0.3) is 5.91 Å². The normalized spacial score (nSPS) is 15.3. The van der Waals surface area contributed by atoms with Gasteiger partial charge in [-0.2, -0.15) is 4.98 Å². The summed E-state index contributed by atoms with van der Waals surface area (Å²) in [6.45, 7) is 2.40. The molecule has 1 amide bonds. The zero-order valence-electron chi connectivity index (χ0n) is 21.8. The van der Waals surface area contributed by atoms with E-state index in [1.165, 1.54) is 7.11 Å². The molecule has 204 valence electrons. The zero-order chi connectivity index (χ0) is 27.6. The molecule has 3 heterocycles. The number of anilines is 1. The zero-order valence-corrected chi connectivity index (χ0v) is 21.8. The van der Waals surface area contributed by atoms with Crippen LogP contribution in [0, 0.1) is 12.8 Å². The van der Waals surface area contributed by atoms with Crippen LogP contribution in [0.3, 0.4) is 0 Å². The van der Waals surface area contributed by atoms with Crippen LogP contribution in [-0.4, -0.2) is 45.1 Å². The number of aromatic nitrogens is 4. The molecule has 39 heavy (non-hydrogen) atoms. The van der Waals surface area contributed by atoms with Crippen LogP contribution in [0.5, 0.6) is 11.6 Å². The van der Waals surface area contributed by atoms with Crippen molar-refractivity contribution in [2.75, 3.05) is 19.5 Å². The van der Waals surface area contributed by atoms with Crippen LogP contribution in [0.1, 0.15) is 47.3 Å². The molecule has 1 aliphatic carbocycles. The third kappa shape index (κ3) is 5.92. The van der Waals surface area contributed by atoms with Gasteiger partial charge in [0.05, 0.1) is 13.7 Å². The van der Waals surface area contributed by atoms with Crippen molar-refractivity contribution in [2.24, 2.45) is 5.92 Å². The lowest BCUT2D eigenvalue weighted by atomic mass is 9.87. The van der Waals surface area contributed by atoms with Crippen LogP contribution in [0.4, 0.5) is 14.7 Å². The molecule has 1 fully saturated rings. The number of nitrogens with one attached hydrogen (secondary N) is 1. The number of ether oxygens (including phenoxy) is 2. The predicted octanol–water partition coefficient (Wildman–Crippen LogP) is 4.82. The number of halogens is 2. The van der Waals surface area contributed by atoms with Crippen LogP contribution in [0.2, 0.25) is 0 Å². The summed E-state index contributed by atoms with van der Waals surface area (Å²) >= 11 is 0. The topological polar surface area (TPSA) is 117 Å². The van der Waals surface area contributed by atoms with Gasteiger partial charge in [-0.15, -0.1) is 5.10 Å². The second kappa shape index (κ2) is 10.8. The fourth-order valence-corrected chi connectivity index (χ4v) is 4.80. The number of methoxy groups -OCH3 is 1. The Labute approximate surface area is 224 Å². The molecule has 3 N–H and O–H groups in total. The molecule has 1 aromatic carbocycles. The van der Waals surface area contributed by atoms with Crippen molar-refractivity contribution in [3.05, 3.63) is 65.5 Å². The van der Waals surface area contributed by atoms with Gasteiger partial charge >= 0.3 is 0 Å². The summed E-state index contributed by atoms with van der Waals surface area (Å²) in [4.78, 5) is 22.0. The number of alkyl halides is 2. The number of pyridine rings is 2. The van der Waals surface area contributed by atoms with Gasteiger partial charge in [0.15, 0.2) is 5.65 Å². The van der Waals surface area contributed by atoms with Crippen molar-refractivity contribution in [3.63, 3.8) is 0 Å². The quantitative estimate of drug-likeness (QED) is 0.331. The summed E-state index contributed by atoms with van der Waals surface area (Å²) in [5.41, 5.74) is 9.56. The number of nitrogen functional groups attached to an aromatic ring is 1. The lowest BCUT2D eigenvalue weighted by Gasteiger charge is -2.28. The van der Waals surface area contributed by atoms with Gasteiger partial charge in [-0.3, -0.25) is 4.79 Å². The number of nitrogens with zero attached hydrogens (tertiary/aromatic N) is 4. The number of rotatable bonds is 8. The number of nitrogens with two attached hydrogens (primary N) is 1. The maximum Gasteiger partial charge on any atom is 0.257 e. The molecule has 9 nitrogen and oxygen atoms in total. The third-order valence-electron chi connectivity index (χ3n) is 7.00. The van der Waals surface area contributed by atoms with E-state index < -0.39 is 5.92 Å². The summed E-state index contributed by atoms with van der Waals surface area (Å²) in [5.74, 6) is -1.85. The molecule has 3 aromatic heterocycles. The monoisotopic (exact) mass is 536 g/mol. The van der Waals surface area contributed by atoms with Gasteiger partial charge in [-0.25, -0.2) is 18.3 Å². The SMILES string of the molecule is COc1nc(C)c(-c2ccn3nc(N)nc3c2)cc1C(=O)NCc1ccccc1OCC1CCC(F)(F)CC1. The highest BCUT2D eigenvalue weighted by molar-refractivity contribution is 5.97. The molecular weight excluding hydrogens is 506 g/mol. The van der Waals surface area contributed by atoms with E-state index in [0.717, 1.165) is 16.7 Å². The minimum Gasteiger partial charge on any atom is -0.493 e. The van der Waals surface area contributed by atoms with Crippen LogP contribution >= 0.6 is 0 Å². The molecule has 0 spiro atoms. The molecule has 0 saturated heterocycles. The molecule has 0 atom stereocenters. The molecule has 0 bridgehead atoms. The highest BCUT2D eigenvalue weighted by Gasteiger charge is 2.35. The van der Waals surface area contributed by atoms with Crippen molar-refractivity contribution in [1.82, 2.24) is 24.9 Å². The average Bonchev–Trinajstić information content (AvgIpc) is 3.30. The lowest BCUT2D eigenvalue weighted by Crippen LogP contribution is -2.28. The summed E-state index contributed by atoms with van der Waals surface area (Å²) in [6.07, 6.45) is 2.41. The minimum absolute atomic E-state index is 0.0852. The number of fused-ring (bicyclic) bond motifs is 1. The van der Waals surface area contributed by atoms with E-state index >= 15 is 0 Å². The smallest absolute Gasteiger partial charge is 0.257 e. The second-order valence-electron chi connectivity index (χ2n) is 9.77. The Bertz CT molecular complexity index is 1500. The van der Waals surface area contributed by atoms with Gasteiger partial charge in [0, 0.05) is 42.4 Å². The molecule has 1 aliphatic rings. The van der Waals surface area contributed by atoms with E-state index in [1.807, 2.05) is 43.3 Å². The largest absolute Gasteiger partial charge is 0.493 e. The van der Waals surface area contributed by atoms with E-state index in [0.29, 0.717) is 36.5 Å². The number of benzene rings is 1. The first-order valence-corrected chi connectivity index (χ1v) is 12.8. The van der Waals surface area contributed by atoms with Crippen LogP contribution in [0.25, 0.3) is 16.8 Å². The Morgan fingerprint density at radius 3 is 2.72 bits per heavy atom. The Balaban J connectivity index is 1.31. The maximum absolute atomic E-state index is 13.5. The summed E-state index contributed by atoms with van der Waals surface area (Å²) in [7, 11) is 1.47. The Morgan fingerprint density at radius 2 is 1.95 bits per heavy atom. The first-order chi connectivity index (χ1) is 18.7. The van der Waals surface area contributed by atoms with Crippen LogP contribution in [-0.2, 0) is 6.54 Å². The van der Waals surface area contributed by atoms with E-state index in [4.69, 9.17) is 15.2 Å². The second-order valence-corrected chi connectivity index (χ2v) is 9.77. The molecule has 0 unspecified atom stereocenters. The van der Waals surface area contributed by atoms with Gasteiger partial charge < -0.3 is 20.5 Å². The molecule has 0 radical (unpaired) electrons. The van der Waals surface area contributed by atoms with Crippen molar-refractivity contribution < 1.29 is 23.0 Å². The number of hydrogen-bond donors (Lipinski definition) is 2. The number of para-hydroxylation sites is 1. The third-order valence-corrected chi connectivity index (χ3v) is 7.00. The summed E-state index contributed by atoms with van der Waals surface area (Å²) in [6, 6.07) is 12.8. The molecule has 11 heteroatoms. The number of carbonyl (C=O) groups excluding carboxylic acids is 1. The van der Waals surface area contributed by atoms with E-state index in [2.05, 4.69) is 20.4 Å². The fourth-order valence-electron chi connectivity index (χ4n) is 4.80. The maximum atomic E-state index is 13.5. The Hall–Kier alpha value is -4.28. The van der Waals surface area contributed by atoms with Crippen LogP contribution < -0.4 is 20.5 Å². The van der Waals surface area contributed by atoms with Gasteiger partial charge in [0.2, 0.25) is 17.8 Å². The Morgan fingerprint density at radius 1 is 1.18 bits per heavy atom. The van der Waals surface area contributed by atoms with E-state index in [9.17, 15) is 13.6 Å².